The van der Waals surface area contributed by atoms with Crippen LogP contribution in [-0.2, 0) is 11.3 Å². The van der Waals surface area contributed by atoms with Gasteiger partial charge in [-0.15, -0.1) is 0 Å². The quantitative estimate of drug-likeness (QED) is 0.588. The molecule has 1 saturated heterocycles. The molecule has 1 aliphatic rings. The number of amides is 1. The second kappa shape index (κ2) is 8.22. The number of aromatic nitrogens is 2. The molecular formula is C22H21F2N3O3. The Morgan fingerprint density at radius 1 is 1.17 bits per heavy atom. The summed E-state index contributed by atoms with van der Waals surface area (Å²) in [6.45, 7) is 3.70. The SMILES string of the molecule is CC(C)Oc1ccc(-c2noc(C3CCC(=O)N3Cc3c(F)cccc3F)n2)cc1. The molecule has 0 radical (unpaired) electrons. The van der Waals surface area contributed by atoms with Crippen molar-refractivity contribution >= 4 is 5.91 Å². The smallest absolute Gasteiger partial charge is 0.249 e. The van der Waals surface area contributed by atoms with Crippen LogP contribution in [0.2, 0.25) is 0 Å². The van der Waals surface area contributed by atoms with Gasteiger partial charge >= 0.3 is 0 Å². The fourth-order valence-electron chi connectivity index (χ4n) is 3.48. The van der Waals surface area contributed by atoms with E-state index in [0.29, 0.717) is 12.2 Å². The van der Waals surface area contributed by atoms with Gasteiger partial charge in [0, 0.05) is 17.5 Å². The molecule has 8 heteroatoms. The van der Waals surface area contributed by atoms with Crippen LogP contribution in [-0.4, -0.2) is 27.1 Å². The van der Waals surface area contributed by atoms with Gasteiger partial charge in [-0.1, -0.05) is 11.2 Å². The first kappa shape index (κ1) is 20.0. The van der Waals surface area contributed by atoms with Gasteiger partial charge in [-0.3, -0.25) is 4.79 Å². The standard InChI is InChI=1S/C22H21F2N3O3/c1-13(2)29-15-8-6-14(7-9-15)21-25-22(30-26-21)19-10-11-20(28)27(19)12-16-17(23)4-3-5-18(16)24/h3-9,13,19H,10-12H2,1-2H3. The Kier molecular flexibility index (Phi) is 5.48. The third-order valence-corrected chi connectivity index (χ3v) is 4.93. The van der Waals surface area contributed by atoms with Gasteiger partial charge in [0.1, 0.15) is 23.4 Å². The van der Waals surface area contributed by atoms with E-state index < -0.39 is 17.7 Å². The second-order valence-electron chi connectivity index (χ2n) is 7.42. The number of benzene rings is 2. The molecule has 2 aromatic carbocycles. The van der Waals surface area contributed by atoms with E-state index in [1.54, 1.807) is 0 Å². The van der Waals surface area contributed by atoms with E-state index in [1.807, 2.05) is 38.1 Å². The first-order valence-electron chi connectivity index (χ1n) is 9.75. The Balaban J connectivity index is 1.55. The molecule has 1 aromatic heterocycles. The molecule has 156 valence electrons. The summed E-state index contributed by atoms with van der Waals surface area (Å²) in [5.74, 6) is -0.242. The maximum absolute atomic E-state index is 14.1. The Bertz CT molecular complexity index is 1030. The van der Waals surface area contributed by atoms with Crippen molar-refractivity contribution in [2.75, 3.05) is 0 Å². The van der Waals surface area contributed by atoms with E-state index in [2.05, 4.69) is 10.1 Å². The third-order valence-electron chi connectivity index (χ3n) is 4.93. The minimum absolute atomic E-state index is 0.0674. The van der Waals surface area contributed by atoms with Crippen molar-refractivity contribution in [1.82, 2.24) is 15.0 Å². The Hall–Kier alpha value is -3.29. The molecule has 0 aliphatic carbocycles. The number of ether oxygens (including phenoxy) is 1. The maximum atomic E-state index is 14.1. The number of hydrogen-bond donors (Lipinski definition) is 0. The highest BCUT2D eigenvalue weighted by Crippen LogP contribution is 2.35. The predicted octanol–water partition coefficient (Wildman–Crippen LogP) is 4.67. The van der Waals surface area contributed by atoms with Crippen LogP contribution in [0.4, 0.5) is 8.78 Å². The van der Waals surface area contributed by atoms with E-state index in [4.69, 9.17) is 9.26 Å². The van der Waals surface area contributed by atoms with Gasteiger partial charge in [0.05, 0.1) is 12.6 Å². The van der Waals surface area contributed by atoms with Crippen molar-refractivity contribution in [3.63, 3.8) is 0 Å². The molecule has 3 aromatic rings. The maximum Gasteiger partial charge on any atom is 0.249 e. The van der Waals surface area contributed by atoms with Crippen LogP contribution in [0.5, 0.6) is 5.75 Å². The number of rotatable bonds is 6. The molecule has 0 spiro atoms. The van der Waals surface area contributed by atoms with Crippen molar-refractivity contribution in [3.8, 4) is 17.1 Å². The normalized spacial score (nSPS) is 16.5. The third kappa shape index (κ3) is 4.03. The van der Waals surface area contributed by atoms with Crippen molar-refractivity contribution in [2.45, 2.75) is 45.4 Å². The second-order valence-corrected chi connectivity index (χ2v) is 7.42. The van der Waals surface area contributed by atoms with E-state index in [9.17, 15) is 13.6 Å². The lowest BCUT2D eigenvalue weighted by atomic mass is 10.1. The average Bonchev–Trinajstić information content (AvgIpc) is 3.32. The van der Waals surface area contributed by atoms with Crippen LogP contribution in [0.25, 0.3) is 11.4 Å². The fraction of sp³-hybridized carbons (Fsp3) is 0.318. The Morgan fingerprint density at radius 3 is 2.53 bits per heavy atom. The summed E-state index contributed by atoms with van der Waals surface area (Å²) < 4.78 is 39.1. The van der Waals surface area contributed by atoms with Gasteiger partial charge < -0.3 is 14.2 Å². The van der Waals surface area contributed by atoms with Gasteiger partial charge in [0.15, 0.2) is 0 Å². The lowest BCUT2D eigenvalue weighted by Crippen LogP contribution is -2.28. The highest BCUT2D eigenvalue weighted by molar-refractivity contribution is 5.78. The monoisotopic (exact) mass is 413 g/mol. The predicted molar refractivity (Wildman–Crippen MR) is 104 cm³/mol. The summed E-state index contributed by atoms with van der Waals surface area (Å²) in [5, 5.41) is 4.01. The van der Waals surface area contributed by atoms with Crippen LogP contribution in [0.1, 0.15) is 44.2 Å². The van der Waals surface area contributed by atoms with Crippen LogP contribution in [0.15, 0.2) is 47.0 Å². The summed E-state index contributed by atoms with van der Waals surface area (Å²) in [4.78, 5) is 18.2. The van der Waals surface area contributed by atoms with E-state index in [0.717, 1.165) is 11.3 Å². The molecule has 6 nitrogen and oxygen atoms in total. The number of halogens is 2. The number of hydrogen-bond acceptors (Lipinski definition) is 5. The van der Waals surface area contributed by atoms with Gasteiger partial charge in [0.25, 0.3) is 0 Å². The van der Waals surface area contributed by atoms with Gasteiger partial charge in [0.2, 0.25) is 17.6 Å². The Labute approximate surface area is 172 Å². The number of carbonyl (C=O) groups is 1. The molecule has 0 bridgehead atoms. The summed E-state index contributed by atoms with van der Waals surface area (Å²) in [6, 6.07) is 10.4. The van der Waals surface area contributed by atoms with Crippen LogP contribution in [0, 0.1) is 11.6 Å². The largest absolute Gasteiger partial charge is 0.491 e. The van der Waals surface area contributed by atoms with Crippen LogP contribution < -0.4 is 4.74 Å². The molecule has 1 fully saturated rings. The highest BCUT2D eigenvalue weighted by atomic mass is 19.1. The number of likely N-dealkylation sites (tertiary alicyclic amines) is 1. The van der Waals surface area contributed by atoms with Crippen molar-refractivity contribution in [2.24, 2.45) is 0 Å². The minimum atomic E-state index is -0.691. The summed E-state index contributed by atoms with van der Waals surface area (Å²) >= 11 is 0. The molecular weight excluding hydrogens is 392 g/mol. The minimum Gasteiger partial charge on any atom is -0.491 e. The van der Waals surface area contributed by atoms with Crippen molar-refractivity contribution in [1.29, 1.82) is 0 Å². The Morgan fingerprint density at radius 2 is 1.87 bits per heavy atom. The first-order valence-corrected chi connectivity index (χ1v) is 9.75. The molecule has 1 amide bonds. The molecule has 0 saturated carbocycles. The van der Waals surface area contributed by atoms with Crippen molar-refractivity contribution in [3.05, 3.63) is 65.6 Å². The summed E-state index contributed by atoms with van der Waals surface area (Å²) in [5.41, 5.74) is 0.579. The zero-order valence-corrected chi connectivity index (χ0v) is 16.6. The summed E-state index contributed by atoms with van der Waals surface area (Å²) in [6.07, 6.45) is 0.759. The first-order chi connectivity index (χ1) is 14.4. The topological polar surface area (TPSA) is 68.5 Å². The number of carbonyl (C=O) groups excluding carboxylic acids is 1. The zero-order chi connectivity index (χ0) is 21.3. The highest BCUT2D eigenvalue weighted by Gasteiger charge is 2.37. The van der Waals surface area contributed by atoms with Gasteiger partial charge in [-0.05, 0) is 56.7 Å². The molecule has 30 heavy (non-hydrogen) atoms. The zero-order valence-electron chi connectivity index (χ0n) is 16.6. The molecule has 1 aliphatic heterocycles. The van der Waals surface area contributed by atoms with E-state index in [-0.39, 0.29) is 36.4 Å². The molecule has 1 unspecified atom stereocenters. The van der Waals surface area contributed by atoms with Gasteiger partial charge in [-0.2, -0.15) is 4.98 Å². The van der Waals surface area contributed by atoms with Crippen LogP contribution in [0.3, 0.4) is 0 Å². The molecule has 2 heterocycles. The molecule has 1 atom stereocenters. The average molecular weight is 413 g/mol. The number of nitrogens with zero attached hydrogens (tertiary/aromatic N) is 3. The van der Waals surface area contributed by atoms with Gasteiger partial charge in [-0.25, -0.2) is 8.78 Å². The molecule has 4 rings (SSSR count). The lowest BCUT2D eigenvalue weighted by Gasteiger charge is -2.22. The van der Waals surface area contributed by atoms with E-state index >= 15 is 0 Å². The van der Waals surface area contributed by atoms with E-state index in [1.165, 1.54) is 23.1 Å². The molecule has 0 N–H and O–H groups in total. The fourth-order valence-corrected chi connectivity index (χ4v) is 3.48. The van der Waals surface area contributed by atoms with Crippen LogP contribution >= 0.6 is 0 Å². The summed E-state index contributed by atoms with van der Waals surface area (Å²) in [7, 11) is 0. The lowest BCUT2D eigenvalue weighted by molar-refractivity contribution is -0.130. The van der Waals surface area contributed by atoms with Crippen molar-refractivity contribution < 1.29 is 22.8 Å².